The van der Waals surface area contributed by atoms with Gasteiger partial charge in [0.25, 0.3) is 0 Å². The van der Waals surface area contributed by atoms with Gasteiger partial charge in [-0.3, -0.25) is 4.79 Å². The lowest BCUT2D eigenvalue weighted by molar-refractivity contribution is -0.163. The van der Waals surface area contributed by atoms with E-state index in [-0.39, 0.29) is 11.9 Å². The molecule has 2 rings (SSSR count). The highest BCUT2D eigenvalue weighted by atomic mass is 16.5. The van der Waals surface area contributed by atoms with Crippen LogP contribution < -0.4 is 4.74 Å². The van der Waals surface area contributed by atoms with Crippen LogP contribution in [0.4, 0.5) is 0 Å². The summed E-state index contributed by atoms with van der Waals surface area (Å²) in [4.78, 5) is 11.3. The number of rotatable bonds is 3. The molecule has 1 aromatic carbocycles. The number of ether oxygens (including phenoxy) is 2. The number of benzene rings is 1. The lowest BCUT2D eigenvalue weighted by atomic mass is 9.67. The van der Waals surface area contributed by atoms with E-state index in [1.165, 1.54) is 7.11 Å². The van der Waals surface area contributed by atoms with Crippen molar-refractivity contribution < 1.29 is 19.4 Å². The van der Waals surface area contributed by atoms with Gasteiger partial charge in [-0.25, -0.2) is 0 Å². The van der Waals surface area contributed by atoms with Gasteiger partial charge >= 0.3 is 5.97 Å². The zero-order valence-corrected chi connectivity index (χ0v) is 9.97. The Hall–Kier alpha value is -1.55. The molecule has 0 radical (unpaired) electrons. The summed E-state index contributed by atoms with van der Waals surface area (Å²) in [5.41, 5.74) is -0.134. The van der Waals surface area contributed by atoms with Crippen molar-refractivity contribution in [1.82, 2.24) is 0 Å². The average Bonchev–Trinajstić information content (AvgIpc) is 2.34. The summed E-state index contributed by atoms with van der Waals surface area (Å²) >= 11 is 0. The van der Waals surface area contributed by atoms with Crippen molar-refractivity contribution in [1.29, 1.82) is 0 Å². The van der Waals surface area contributed by atoms with Crippen molar-refractivity contribution in [2.45, 2.75) is 18.4 Å². The number of hydrogen-bond donors (Lipinski definition) is 1. The van der Waals surface area contributed by atoms with Crippen molar-refractivity contribution >= 4 is 5.97 Å². The zero-order valence-electron chi connectivity index (χ0n) is 9.97. The molecule has 0 spiro atoms. The Labute approximate surface area is 100 Å². The van der Waals surface area contributed by atoms with Crippen LogP contribution in [-0.4, -0.2) is 25.3 Å². The number of esters is 1. The van der Waals surface area contributed by atoms with E-state index in [0.717, 1.165) is 5.56 Å². The average molecular weight is 236 g/mol. The van der Waals surface area contributed by atoms with Gasteiger partial charge in [0.2, 0.25) is 0 Å². The summed E-state index contributed by atoms with van der Waals surface area (Å²) in [7, 11) is 2.95. The molecule has 1 aromatic rings. The predicted octanol–water partition coefficient (Wildman–Crippen LogP) is 1.47. The summed E-state index contributed by atoms with van der Waals surface area (Å²) in [5, 5.41) is 10.4. The molecule has 0 aliphatic heterocycles. The second-order valence-electron chi connectivity index (χ2n) is 4.39. The van der Waals surface area contributed by atoms with Gasteiger partial charge < -0.3 is 14.6 Å². The largest absolute Gasteiger partial charge is 0.497 e. The Morgan fingerprint density at radius 3 is 2.71 bits per heavy atom. The number of aliphatic hydroxyl groups is 1. The second kappa shape index (κ2) is 4.37. The first-order chi connectivity index (χ1) is 8.09. The van der Waals surface area contributed by atoms with Crippen molar-refractivity contribution in [3.05, 3.63) is 29.8 Å². The predicted molar refractivity (Wildman–Crippen MR) is 61.6 cm³/mol. The maximum absolute atomic E-state index is 11.3. The van der Waals surface area contributed by atoms with Crippen molar-refractivity contribution in [3.8, 4) is 5.75 Å². The highest BCUT2D eigenvalue weighted by molar-refractivity contribution is 5.74. The second-order valence-corrected chi connectivity index (χ2v) is 4.39. The molecule has 92 valence electrons. The first-order valence-electron chi connectivity index (χ1n) is 5.54. The summed E-state index contributed by atoms with van der Waals surface area (Å²) in [6, 6.07) is 7.30. The lowest BCUT2D eigenvalue weighted by Crippen LogP contribution is -2.44. The van der Waals surface area contributed by atoms with E-state index in [4.69, 9.17) is 4.74 Å². The topological polar surface area (TPSA) is 55.8 Å². The molecule has 1 aliphatic rings. The van der Waals surface area contributed by atoms with Gasteiger partial charge in [0.05, 0.1) is 25.7 Å². The smallest absolute Gasteiger partial charge is 0.308 e. The molecule has 1 fully saturated rings. The van der Waals surface area contributed by atoms with E-state index in [1.54, 1.807) is 13.2 Å². The van der Waals surface area contributed by atoms with Crippen LogP contribution in [0.3, 0.4) is 0 Å². The van der Waals surface area contributed by atoms with E-state index in [9.17, 15) is 9.90 Å². The first-order valence-corrected chi connectivity index (χ1v) is 5.54. The molecule has 0 unspecified atom stereocenters. The van der Waals surface area contributed by atoms with Crippen molar-refractivity contribution in [2.24, 2.45) is 5.92 Å². The number of methoxy groups -OCH3 is 2. The Balaban J connectivity index is 2.11. The van der Waals surface area contributed by atoms with E-state index in [1.807, 2.05) is 18.2 Å². The van der Waals surface area contributed by atoms with Gasteiger partial charge in [-0.1, -0.05) is 12.1 Å². The Kier molecular flexibility index (Phi) is 3.07. The number of hydrogen-bond acceptors (Lipinski definition) is 4. The minimum Gasteiger partial charge on any atom is -0.497 e. The molecule has 1 N–H and O–H groups in total. The van der Waals surface area contributed by atoms with Gasteiger partial charge in [-0.2, -0.15) is 0 Å². The van der Waals surface area contributed by atoms with Gasteiger partial charge in [-0.15, -0.1) is 0 Å². The summed E-state index contributed by atoms with van der Waals surface area (Å²) in [5.74, 6) is 0.256. The Morgan fingerprint density at radius 1 is 1.41 bits per heavy atom. The van der Waals surface area contributed by atoms with E-state index < -0.39 is 5.60 Å². The van der Waals surface area contributed by atoms with Crippen LogP contribution in [-0.2, 0) is 15.1 Å². The van der Waals surface area contributed by atoms with Gasteiger partial charge in [0.1, 0.15) is 5.75 Å². The molecule has 0 saturated heterocycles. The SMILES string of the molecule is COC(=O)C1CC(O)(c2cccc(OC)c2)C1. The maximum atomic E-state index is 11.3. The van der Waals surface area contributed by atoms with E-state index >= 15 is 0 Å². The lowest BCUT2D eigenvalue weighted by Gasteiger charge is -2.42. The molecular formula is C13H16O4. The van der Waals surface area contributed by atoms with Crippen LogP contribution in [0.15, 0.2) is 24.3 Å². The van der Waals surface area contributed by atoms with Gasteiger partial charge in [0, 0.05) is 0 Å². The molecule has 1 saturated carbocycles. The maximum Gasteiger partial charge on any atom is 0.308 e. The minimum absolute atomic E-state index is 0.198. The standard InChI is InChI=1S/C13H16O4/c1-16-11-5-3-4-10(6-11)13(15)7-9(8-13)12(14)17-2/h3-6,9,15H,7-8H2,1-2H3. The van der Waals surface area contributed by atoms with Crippen molar-refractivity contribution in [3.63, 3.8) is 0 Å². The highest BCUT2D eigenvalue weighted by Gasteiger charge is 2.47. The molecule has 0 amide bonds. The third-order valence-electron chi connectivity index (χ3n) is 3.31. The van der Waals surface area contributed by atoms with Crippen molar-refractivity contribution in [2.75, 3.05) is 14.2 Å². The van der Waals surface area contributed by atoms with Crippen LogP contribution in [0.2, 0.25) is 0 Å². The molecule has 0 aromatic heterocycles. The Bertz CT molecular complexity index is 421. The van der Waals surface area contributed by atoms with E-state index in [0.29, 0.717) is 18.6 Å². The fourth-order valence-electron chi connectivity index (χ4n) is 2.24. The molecule has 0 bridgehead atoms. The van der Waals surface area contributed by atoms with Crippen LogP contribution in [0.1, 0.15) is 18.4 Å². The third-order valence-corrected chi connectivity index (χ3v) is 3.31. The van der Waals surface area contributed by atoms with Gasteiger partial charge in [-0.05, 0) is 30.5 Å². The minimum atomic E-state index is -0.923. The molecule has 0 atom stereocenters. The summed E-state index contributed by atoms with van der Waals surface area (Å²) in [6.45, 7) is 0. The third kappa shape index (κ3) is 2.13. The van der Waals surface area contributed by atoms with E-state index in [2.05, 4.69) is 4.74 Å². The fourth-order valence-corrected chi connectivity index (χ4v) is 2.24. The van der Waals surface area contributed by atoms with Crippen LogP contribution in [0, 0.1) is 5.92 Å². The first kappa shape index (κ1) is 11.9. The van der Waals surface area contributed by atoms with Crippen LogP contribution >= 0.6 is 0 Å². The molecule has 4 nitrogen and oxygen atoms in total. The van der Waals surface area contributed by atoms with Gasteiger partial charge in [0.15, 0.2) is 0 Å². The summed E-state index contributed by atoms with van der Waals surface area (Å²) < 4.78 is 9.76. The number of carbonyl (C=O) groups is 1. The zero-order chi connectivity index (χ0) is 12.5. The fraction of sp³-hybridized carbons (Fsp3) is 0.462. The highest BCUT2D eigenvalue weighted by Crippen LogP contribution is 2.46. The van der Waals surface area contributed by atoms with Crippen LogP contribution in [0.5, 0.6) is 5.75 Å². The quantitative estimate of drug-likeness (QED) is 0.807. The number of carbonyl (C=O) groups excluding carboxylic acids is 1. The molecule has 1 aliphatic carbocycles. The molecule has 17 heavy (non-hydrogen) atoms. The Morgan fingerprint density at radius 2 is 2.12 bits per heavy atom. The van der Waals surface area contributed by atoms with Crippen LogP contribution in [0.25, 0.3) is 0 Å². The molecular weight excluding hydrogens is 220 g/mol. The molecule has 4 heteroatoms. The monoisotopic (exact) mass is 236 g/mol. The normalized spacial score (nSPS) is 27.1. The molecule has 0 heterocycles. The summed E-state index contributed by atoms with van der Waals surface area (Å²) in [6.07, 6.45) is 0.819.